The topological polar surface area (TPSA) is 202 Å². The molecule has 212 valence electrons. The number of nitrogens with one attached hydrogen (secondary N) is 1. The van der Waals surface area contributed by atoms with Gasteiger partial charge in [0.15, 0.2) is 17.5 Å². The summed E-state index contributed by atoms with van der Waals surface area (Å²) < 4.78 is 17.7. The monoisotopic (exact) mass is 539 g/mol. The summed E-state index contributed by atoms with van der Waals surface area (Å²) in [6, 6.07) is 2.99. The van der Waals surface area contributed by atoms with Crippen molar-refractivity contribution in [2.24, 2.45) is 16.7 Å². The minimum atomic E-state index is -2.77. The molecular formula is C26H37NO11. The van der Waals surface area contributed by atoms with E-state index in [1.54, 1.807) is 19.9 Å². The molecule has 1 spiro atoms. The van der Waals surface area contributed by atoms with Crippen LogP contribution in [-0.2, 0) is 14.2 Å². The van der Waals surface area contributed by atoms with Crippen molar-refractivity contribution in [3.63, 3.8) is 0 Å². The van der Waals surface area contributed by atoms with Crippen molar-refractivity contribution in [2.45, 2.75) is 105 Å². The SMILES string of the molecule is CO[C@H]1[C@](C)(O)[C@@H](O)C[C@]2(O)[C@]3(C)C[C@]4(O)O[C@]12[C@]1(O)[C@@]3(O)[C@H](OC(=O)c2ccc[nH]2)[C@](O)(C(C)C)[C@@]14C. The number of rotatable bonds is 4. The van der Waals surface area contributed by atoms with E-state index in [0.29, 0.717) is 0 Å². The zero-order valence-corrected chi connectivity index (χ0v) is 22.2. The summed E-state index contributed by atoms with van der Waals surface area (Å²) in [6.07, 6.45) is -4.78. The van der Waals surface area contributed by atoms with Gasteiger partial charge in [0, 0.05) is 31.6 Å². The highest BCUT2D eigenvalue weighted by Gasteiger charge is 3.11. The van der Waals surface area contributed by atoms with Gasteiger partial charge in [0.25, 0.3) is 0 Å². The third-order valence-electron chi connectivity index (χ3n) is 11.7. The molecule has 2 saturated heterocycles. The Balaban J connectivity index is 1.71. The number of aromatic amines is 1. The lowest BCUT2D eigenvalue weighted by atomic mass is 9.52. The molecule has 1 aromatic heterocycles. The molecule has 6 fully saturated rings. The van der Waals surface area contributed by atoms with Crippen LogP contribution in [0.5, 0.6) is 0 Å². The summed E-state index contributed by atoms with van der Waals surface area (Å²) in [6.45, 7) is 7.14. The van der Waals surface area contributed by atoms with Crippen LogP contribution < -0.4 is 0 Å². The van der Waals surface area contributed by atoms with Crippen molar-refractivity contribution < 1.29 is 54.8 Å². The number of aliphatic hydroxyl groups excluding tert-OH is 1. The number of hydrogen-bond donors (Lipinski definition) is 8. The number of H-pyrrole nitrogens is 1. The predicted molar refractivity (Wildman–Crippen MR) is 126 cm³/mol. The molecule has 0 radical (unpaired) electrons. The average molecular weight is 540 g/mol. The molecule has 1 aromatic rings. The Kier molecular flexibility index (Phi) is 4.65. The lowest BCUT2D eigenvalue weighted by Gasteiger charge is -2.63. The van der Waals surface area contributed by atoms with Crippen molar-refractivity contribution in [1.82, 2.24) is 4.98 Å². The molecule has 0 aromatic carbocycles. The number of methoxy groups -OCH3 is 1. The maximum Gasteiger partial charge on any atom is 0.355 e. The normalized spacial score (nSPS) is 60.0. The minimum absolute atomic E-state index is 0.0123. The summed E-state index contributed by atoms with van der Waals surface area (Å²) in [5.74, 6) is -4.18. The maximum atomic E-state index is 13.3. The van der Waals surface area contributed by atoms with Gasteiger partial charge < -0.3 is 54.9 Å². The lowest BCUT2D eigenvalue weighted by Crippen LogP contribution is -2.81. The molecule has 2 aliphatic heterocycles. The first-order valence-corrected chi connectivity index (χ1v) is 12.9. The molecule has 3 heterocycles. The number of ether oxygens (including phenoxy) is 3. The fraction of sp³-hybridized carbons (Fsp3) is 0.808. The van der Waals surface area contributed by atoms with Crippen LogP contribution in [0, 0.1) is 16.7 Å². The average Bonchev–Trinajstić information content (AvgIpc) is 3.44. The first-order valence-electron chi connectivity index (χ1n) is 12.9. The van der Waals surface area contributed by atoms with Crippen molar-refractivity contribution in [3.8, 4) is 0 Å². The Morgan fingerprint density at radius 3 is 2.26 bits per heavy atom. The number of aliphatic hydroxyl groups is 7. The first kappa shape index (κ1) is 26.6. The Morgan fingerprint density at radius 1 is 1.11 bits per heavy atom. The highest BCUT2D eigenvalue weighted by molar-refractivity contribution is 5.87. The van der Waals surface area contributed by atoms with Crippen LogP contribution in [0.15, 0.2) is 18.3 Å². The molecule has 4 saturated carbocycles. The van der Waals surface area contributed by atoms with E-state index < -0.39 is 93.3 Å². The molecule has 12 nitrogen and oxygen atoms in total. The summed E-state index contributed by atoms with van der Waals surface area (Å²) in [5, 5.41) is 85.7. The second kappa shape index (κ2) is 6.64. The van der Waals surface area contributed by atoms with Crippen LogP contribution >= 0.6 is 0 Å². The highest BCUT2D eigenvalue weighted by Crippen LogP contribution is 2.90. The molecule has 8 N–H and O–H groups in total. The molecule has 0 amide bonds. The largest absolute Gasteiger partial charge is 0.451 e. The summed E-state index contributed by atoms with van der Waals surface area (Å²) in [4.78, 5) is 16.0. The van der Waals surface area contributed by atoms with Crippen LogP contribution in [-0.4, -0.2) is 112 Å². The standard InChI is InChI=1S/C26H37NO11/c1-12(2)23(33)17(37-15(29)13-8-7-9-27-13)24(34)18(3)11-22(32)20(23,5)26(24,35)25(38-22)16(36-6)19(4,30)14(28)10-21(18,25)31/h7-9,12,14,16-17,27-28,30-35H,10-11H2,1-6H3/t14-,16-,17+,18-,19+,20-,21-,22-,23+,24+,25+,26+/m0/s1. The van der Waals surface area contributed by atoms with E-state index in [9.17, 15) is 40.5 Å². The summed E-state index contributed by atoms with van der Waals surface area (Å²) >= 11 is 0. The number of carbonyl (C=O) groups excluding carboxylic acids is 1. The zero-order chi connectivity index (χ0) is 28.3. The van der Waals surface area contributed by atoms with Gasteiger partial charge in [0.2, 0.25) is 0 Å². The molecular weight excluding hydrogens is 502 g/mol. The van der Waals surface area contributed by atoms with E-state index in [4.69, 9.17) is 14.2 Å². The zero-order valence-electron chi connectivity index (χ0n) is 22.2. The second-order valence-electron chi connectivity index (χ2n) is 13.0. The van der Waals surface area contributed by atoms with Crippen molar-refractivity contribution in [3.05, 3.63) is 24.0 Å². The van der Waals surface area contributed by atoms with E-state index in [2.05, 4.69) is 4.98 Å². The lowest BCUT2D eigenvalue weighted by molar-refractivity contribution is -0.408. The number of carbonyl (C=O) groups is 1. The van der Waals surface area contributed by atoms with Gasteiger partial charge in [-0.05, 0) is 31.9 Å². The van der Waals surface area contributed by atoms with Crippen LogP contribution in [0.3, 0.4) is 0 Å². The van der Waals surface area contributed by atoms with E-state index in [0.717, 1.165) is 0 Å². The van der Waals surface area contributed by atoms with E-state index in [1.807, 2.05) is 0 Å². The fourth-order valence-corrected chi connectivity index (χ4v) is 9.90. The molecule has 0 unspecified atom stereocenters. The van der Waals surface area contributed by atoms with Gasteiger partial charge in [-0.1, -0.05) is 20.8 Å². The minimum Gasteiger partial charge on any atom is -0.451 e. The molecule has 12 atom stereocenters. The fourth-order valence-electron chi connectivity index (χ4n) is 9.90. The van der Waals surface area contributed by atoms with Crippen molar-refractivity contribution in [2.75, 3.05) is 7.11 Å². The van der Waals surface area contributed by atoms with E-state index in [-0.39, 0.29) is 5.69 Å². The van der Waals surface area contributed by atoms with Gasteiger partial charge in [-0.15, -0.1) is 0 Å². The first-order chi connectivity index (χ1) is 17.3. The third-order valence-corrected chi connectivity index (χ3v) is 11.7. The van der Waals surface area contributed by atoms with Crippen LogP contribution in [0.25, 0.3) is 0 Å². The van der Waals surface area contributed by atoms with Gasteiger partial charge in [-0.3, -0.25) is 0 Å². The predicted octanol–water partition coefficient (Wildman–Crippen LogP) is -1.45. The Morgan fingerprint density at radius 2 is 1.74 bits per heavy atom. The molecule has 12 heteroatoms. The second-order valence-corrected chi connectivity index (χ2v) is 13.0. The van der Waals surface area contributed by atoms with E-state index >= 15 is 0 Å². The highest BCUT2D eigenvalue weighted by atomic mass is 16.7. The Bertz CT molecular complexity index is 1220. The quantitative estimate of drug-likeness (QED) is 0.208. The van der Waals surface area contributed by atoms with Crippen LogP contribution in [0.4, 0.5) is 0 Å². The third kappa shape index (κ3) is 1.95. The number of hydrogen-bond acceptors (Lipinski definition) is 11. The van der Waals surface area contributed by atoms with Crippen molar-refractivity contribution in [1.29, 1.82) is 0 Å². The Hall–Kier alpha value is -1.61. The number of aromatic nitrogens is 1. The van der Waals surface area contributed by atoms with Gasteiger partial charge in [-0.2, -0.15) is 0 Å². The Labute approximate surface area is 219 Å². The van der Waals surface area contributed by atoms with E-state index in [1.165, 1.54) is 40.1 Å². The maximum absolute atomic E-state index is 13.3. The van der Waals surface area contributed by atoms with Crippen LogP contribution in [0.1, 0.15) is 57.9 Å². The molecule has 7 rings (SSSR count). The molecule has 38 heavy (non-hydrogen) atoms. The molecule has 4 aliphatic carbocycles. The van der Waals surface area contributed by atoms with Gasteiger partial charge in [0.1, 0.15) is 39.8 Å². The van der Waals surface area contributed by atoms with Gasteiger partial charge in [0.05, 0.1) is 11.5 Å². The van der Waals surface area contributed by atoms with Gasteiger partial charge >= 0.3 is 5.97 Å². The molecule has 6 aliphatic rings. The van der Waals surface area contributed by atoms with Crippen LogP contribution in [0.2, 0.25) is 0 Å². The van der Waals surface area contributed by atoms with Gasteiger partial charge in [-0.25, -0.2) is 4.79 Å². The van der Waals surface area contributed by atoms with Crippen molar-refractivity contribution >= 4 is 5.97 Å². The smallest absolute Gasteiger partial charge is 0.355 e. The number of esters is 1. The summed E-state index contributed by atoms with van der Waals surface area (Å²) in [5.41, 5.74) is -18.8. The molecule has 6 bridgehead atoms. The summed E-state index contributed by atoms with van der Waals surface area (Å²) in [7, 11) is 1.18.